The van der Waals surface area contributed by atoms with Crippen molar-refractivity contribution in [3.8, 4) is 0 Å². The molecule has 2 N–H and O–H groups in total. The van der Waals surface area contributed by atoms with Crippen LogP contribution in [0.4, 0.5) is 0 Å². The quantitative estimate of drug-likeness (QED) is 0.788. The van der Waals surface area contributed by atoms with Crippen LogP contribution in [0, 0.1) is 0 Å². The van der Waals surface area contributed by atoms with E-state index in [1.165, 1.54) is 0 Å². The molecule has 0 aromatic heterocycles. The van der Waals surface area contributed by atoms with Gasteiger partial charge in [-0.05, 0) is 37.6 Å². The van der Waals surface area contributed by atoms with Crippen molar-refractivity contribution in [2.45, 2.75) is 32.3 Å². The Labute approximate surface area is 106 Å². The van der Waals surface area contributed by atoms with Gasteiger partial charge in [-0.3, -0.25) is 0 Å². The summed E-state index contributed by atoms with van der Waals surface area (Å²) in [6, 6.07) is 8.09. The summed E-state index contributed by atoms with van der Waals surface area (Å²) in [6.45, 7) is 5.58. The number of aliphatic hydroxyl groups is 1. The highest BCUT2D eigenvalue weighted by Gasteiger charge is 2.19. The van der Waals surface area contributed by atoms with Gasteiger partial charge in [-0.25, -0.2) is 0 Å². The maximum absolute atomic E-state index is 10.2. The molecule has 0 aliphatic carbocycles. The third-order valence-corrected chi connectivity index (χ3v) is 2.96. The summed E-state index contributed by atoms with van der Waals surface area (Å²) in [5.41, 5.74) is 0.481. The lowest BCUT2D eigenvalue weighted by Gasteiger charge is -2.23. The molecule has 2 nitrogen and oxygen atoms in total. The molecule has 3 heteroatoms. The van der Waals surface area contributed by atoms with Crippen LogP contribution in [0.5, 0.6) is 0 Å². The van der Waals surface area contributed by atoms with Crippen LogP contribution in [0.25, 0.3) is 0 Å². The van der Waals surface area contributed by atoms with Crippen LogP contribution >= 0.6 is 15.9 Å². The first-order valence-electron chi connectivity index (χ1n) is 5.71. The van der Waals surface area contributed by atoms with Crippen molar-refractivity contribution in [2.24, 2.45) is 0 Å². The zero-order chi connectivity index (χ0) is 12.0. The third-order valence-electron chi connectivity index (χ3n) is 2.43. The molecule has 0 saturated carbocycles. The minimum Gasteiger partial charge on any atom is -0.389 e. The Morgan fingerprint density at radius 2 is 1.94 bits per heavy atom. The maximum Gasteiger partial charge on any atom is 0.0783 e. The molecule has 1 atom stereocenters. The first-order valence-corrected chi connectivity index (χ1v) is 6.50. The van der Waals surface area contributed by atoms with E-state index in [9.17, 15) is 5.11 Å². The van der Waals surface area contributed by atoms with Gasteiger partial charge < -0.3 is 10.4 Å². The molecule has 0 aliphatic rings. The SMILES string of the molecule is CCCNCC(C)(O)Cc1ccc(Br)cc1. The van der Waals surface area contributed by atoms with Gasteiger partial charge in [-0.2, -0.15) is 0 Å². The molecule has 0 amide bonds. The van der Waals surface area contributed by atoms with Crippen molar-refractivity contribution < 1.29 is 5.11 Å². The van der Waals surface area contributed by atoms with Gasteiger partial charge >= 0.3 is 0 Å². The molecule has 1 aromatic carbocycles. The molecule has 0 radical (unpaired) electrons. The van der Waals surface area contributed by atoms with E-state index in [2.05, 4.69) is 28.2 Å². The Hall–Kier alpha value is -0.380. The van der Waals surface area contributed by atoms with E-state index in [1.807, 2.05) is 31.2 Å². The van der Waals surface area contributed by atoms with Gasteiger partial charge in [0.25, 0.3) is 0 Å². The summed E-state index contributed by atoms with van der Waals surface area (Å²) >= 11 is 3.40. The van der Waals surface area contributed by atoms with Gasteiger partial charge in [0, 0.05) is 17.4 Å². The lowest BCUT2D eigenvalue weighted by molar-refractivity contribution is 0.0604. The summed E-state index contributed by atoms with van der Waals surface area (Å²) in [5, 5.41) is 13.4. The second-order valence-electron chi connectivity index (χ2n) is 4.48. The zero-order valence-corrected chi connectivity index (χ0v) is 11.5. The summed E-state index contributed by atoms with van der Waals surface area (Å²) in [5.74, 6) is 0. The molecule has 0 saturated heterocycles. The summed E-state index contributed by atoms with van der Waals surface area (Å²) in [6.07, 6.45) is 1.77. The van der Waals surface area contributed by atoms with E-state index in [0.717, 1.165) is 23.0 Å². The van der Waals surface area contributed by atoms with E-state index in [0.29, 0.717) is 13.0 Å². The Balaban J connectivity index is 2.48. The molecule has 0 spiro atoms. The number of halogens is 1. The van der Waals surface area contributed by atoms with Crippen molar-refractivity contribution in [3.63, 3.8) is 0 Å². The highest BCUT2D eigenvalue weighted by molar-refractivity contribution is 9.10. The van der Waals surface area contributed by atoms with Crippen LogP contribution in [0.3, 0.4) is 0 Å². The third kappa shape index (κ3) is 5.10. The zero-order valence-electron chi connectivity index (χ0n) is 9.96. The predicted octanol–water partition coefficient (Wildman–Crippen LogP) is 2.74. The monoisotopic (exact) mass is 285 g/mol. The lowest BCUT2D eigenvalue weighted by Crippen LogP contribution is -2.39. The number of hydrogen-bond acceptors (Lipinski definition) is 2. The van der Waals surface area contributed by atoms with Gasteiger partial charge in [-0.15, -0.1) is 0 Å². The van der Waals surface area contributed by atoms with E-state index in [4.69, 9.17) is 0 Å². The van der Waals surface area contributed by atoms with E-state index in [1.54, 1.807) is 0 Å². The van der Waals surface area contributed by atoms with Crippen LogP contribution in [-0.4, -0.2) is 23.8 Å². The first-order chi connectivity index (χ1) is 7.53. The molecule has 0 aliphatic heterocycles. The van der Waals surface area contributed by atoms with Crippen molar-refractivity contribution in [1.29, 1.82) is 0 Å². The molecule has 1 aromatic rings. The second kappa shape index (κ2) is 6.38. The number of nitrogens with one attached hydrogen (secondary N) is 1. The van der Waals surface area contributed by atoms with Crippen molar-refractivity contribution in [2.75, 3.05) is 13.1 Å². The van der Waals surface area contributed by atoms with Crippen molar-refractivity contribution >= 4 is 15.9 Å². The average Bonchev–Trinajstić information content (AvgIpc) is 2.21. The fourth-order valence-corrected chi connectivity index (χ4v) is 1.90. The molecule has 16 heavy (non-hydrogen) atoms. The van der Waals surface area contributed by atoms with Crippen molar-refractivity contribution in [1.82, 2.24) is 5.32 Å². The first kappa shape index (κ1) is 13.7. The highest BCUT2D eigenvalue weighted by Crippen LogP contribution is 2.15. The largest absolute Gasteiger partial charge is 0.389 e. The van der Waals surface area contributed by atoms with Gasteiger partial charge in [0.2, 0.25) is 0 Å². The lowest BCUT2D eigenvalue weighted by atomic mass is 9.96. The Kier molecular flexibility index (Phi) is 5.46. The fraction of sp³-hybridized carbons (Fsp3) is 0.538. The molecular weight excluding hydrogens is 266 g/mol. The molecule has 90 valence electrons. The summed E-state index contributed by atoms with van der Waals surface area (Å²) in [7, 11) is 0. The number of hydrogen-bond donors (Lipinski definition) is 2. The van der Waals surface area contributed by atoms with Gasteiger partial charge in [0.05, 0.1) is 5.60 Å². The van der Waals surface area contributed by atoms with Crippen LogP contribution < -0.4 is 5.32 Å². The van der Waals surface area contributed by atoms with Gasteiger partial charge in [-0.1, -0.05) is 35.0 Å². The minimum absolute atomic E-state index is 0.636. The molecule has 1 rings (SSSR count). The Morgan fingerprint density at radius 3 is 2.50 bits per heavy atom. The molecule has 0 bridgehead atoms. The van der Waals surface area contributed by atoms with Crippen LogP contribution in [-0.2, 0) is 6.42 Å². The Morgan fingerprint density at radius 1 is 1.31 bits per heavy atom. The summed E-state index contributed by atoms with van der Waals surface area (Å²) in [4.78, 5) is 0. The van der Waals surface area contributed by atoms with Gasteiger partial charge in [0.1, 0.15) is 0 Å². The van der Waals surface area contributed by atoms with E-state index >= 15 is 0 Å². The molecule has 0 heterocycles. The van der Waals surface area contributed by atoms with Crippen LogP contribution in [0.2, 0.25) is 0 Å². The van der Waals surface area contributed by atoms with E-state index < -0.39 is 5.60 Å². The molecular formula is C13H20BrNO. The van der Waals surface area contributed by atoms with Crippen LogP contribution in [0.1, 0.15) is 25.8 Å². The van der Waals surface area contributed by atoms with Crippen LogP contribution in [0.15, 0.2) is 28.7 Å². The molecule has 0 fully saturated rings. The normalized spacial score (nSPS) is 14.8. The maximum atomic E-state index is 10.2. The highest BCUT2D eigenvalue weighted by atomic mass is 79.9. The standard InChI is InChI=1S/C13H20BrNO/c1-3-8-15-10-13(2,16)9-11-4-6-12(14)7-5-11/h4-7,15-16H,3,8-10H2,1-2H3. The van der Waals surface area contributed by atoms with E-state index in [-0.39, 0.29) is 0 Å². The molecule has 1 unspecified atom stereocenters. The average molecular weight is 286 g/mol. The topological polar surface area (TPSA) is 32.3 Å². The Bertz CT molecular complexity index is 308. The second-order valence-corrected chi connectivity index (χ2v) is 5.39. The fourth-order valence-electron chi connectivity index (χ4n) is 1.64. The smallest absolute Gasteiger partial charge is 0.0783 e. The van der Waals surface area contributed by atoms with Gasteiger partial charge in [0.15, 0.2) is 0 Å². The number of rotatable bonds is 6. The summed E-state index contributed by atoms with van der Waals surface area (Å²) < 4.78 is 1.07. The number of benzene rings is 1. The van der Waals surface area contributed by atoms with Crippen molar-refractivity contribution in [3.05, 3.63) is 34.3 Å². The minimum atomic E-state index is -0.678. The predicted molar refractivity (Wildman–Crippen MR) is 71.6 cm³/mol.